The Morgan fingerprint density at radius 1 is 1.36 bits per heavy atom. The SMILES string of the molecule is CCOc1ccc(C2NC(=O)NC(C)=C2C(=O)OCC(C)C)cc1Cl. The van der Waals surface area contributed by atoms with Crippen molar-refractivity contribution in [1.82, 2.24) is 10.6 Å². The molecule has 6 nitrogen and oxygen atoms in total. The van der Waals surface area contributed by atoms with Crippen LogP contribution in [0.25, 0.3) is 0 Å². The summed E-state index contributed by atoms with van der Waals surface area (Å²) in [7, 11) is 0. The Morgan fingerprint density at radius 3 is 2.68 bits per heavy atom. The van der Waals surface area contributed by atoms with Crippen molar-refractivity contribution in [3.63, 3.8) is 0 Å². The lowest BCUT2D eigenvalue weighted by Crippen LogP contribution is -2.45. The number of rotatable bonds is 6. The molecule has 0 fully saturated rings. The number of amides is 2. The van der Waals surface area contributed by atoms with Gasteiger partial charge in [0.25, 0.3) is 0 Å². The summed E-state index contributed by atoms with van der Waals surface area (Å²) in [5.74, 6) is 0.306. The van der Waals surface area contributed by atoms with Crippen molar-refractivity contribution < 1.29 is 19.1 Å². The second-order valence-corrected chi connectivity index (χ2v) is 6.59. The molecule has 0 aromatic heterocycles. The highest BCUT2D eigenvalue weighted by Crippen LogP contribution is 2.33. The van der Waals surface area contributed by atoms with Gasteiger partial charge >= 0.3 is 12.0 Å². The predicted molar refractivity (Wildman–Crippen MR) is 95.5 cm³/mol. The van der Waals surface area contributed by atoms with Gasteiger partial charge in [0.15, 0.2) is 0 Å². The van der Waals surface area contributed by atoms with Gasteiger partial charge in [0.2, 0.25) is 0 Å². The highest BCUT2D eigenvalue weighted by molar-refractivity contribution is 6.32. The molecule has 0 saturated heterocycles. The Kier molecular flexibility index (Phi) is 6.31. The molecule has 2 N–H and O–H groups in total. The Labute approximate surface area is 152 Å². The first-order valence-electron chi connectivity index (χ1n) is 8.21. The minimum Gasteiger partial charge on any atom is -0.492 e. The summed E-state index contributed by atoms with van der Waals surface area (Å²) in [6.07, 6.45) is 0. The smallest absolute Gasteiger partial charge is 0.338 e. The molecule has 0 aliphatic carbocycles. The van der Waals surface area contributed by atoms with E-state index in [-0.39, 0.29) is 11.9 Å². The Bertz CT molecular complexity index is 700. The van der Waals surface area contributed by atoms with Crippen molar-refractivity contribution in [2.45, 2.75) is 33.7 Å². The fraction of sp³-hybridized carbons (Fsp3) is 0.444. The van der Waals surface area contributed by atoms with Gasteiger partial charge in [-0.25, -0.2) is 9.59 Å². The second kappa shape index (κ2) is 8.25. The lowest BCUT2D eigenvalue weighted by molar-refractivity contribution is -0.140. The summed E-state index contributed by atoms with van der Waals surface area (Å²) >= 11 is 6.24. The number of halogens is 1. The van der Waals surface area contributed by atoms with Gasteiger partial charge in [0.1, 0.15) is 5.75 Å². The predicted octanol–water partition coefficient (Wildman–Crippen LogP) is 3.57. The molecular formula is C18H23ClN2O4. The van der Waals surface area contributed by atoms with Crippen LogP contribution >= 0.6 is 11.6 Å². The summed E-state index contributed by atoms with van der Waals surface area (Å²) in [4.78, 5) is 24.4. The van der Waals surface area contributed by atoms with E-state index in [1.165, 1.54) is 0 Å². The molecule has 0 radical (unpaired) electrons. The maximum Gasteiger partial charge on any atom is 0.338 e. The van der Waals surface area contributed by atoms with E-state index < -0.39 is 12.0 Å². The molecular weight excluding hydrogens is 344 g/mol. The normalized spacial score (nSPS) is 17.2. The minimum atomic E-state index is -0.637. The molecule has 2 rings (SSSR count). The zero-order chi connectivity index (χ0) is 18.6. The first-order valence-corrected chi connectivity index (χ1v) is 8.58. The lowest BCUT2D eigenvalue weighted by Gasteiger charge is -2.28. The Morgan fingerprint density at radius 2 is 2.08 bits per heavy atom. The number of carbonyl (C=O) groups is 2. The molecule has 0 spiro atoms. The standard InChI is InChI=1S/C18H23ClN2O4/c1-5-24-14-7-6-12(8-13(14)19)16-15(11(4)20-18(23)21-16)17(22)25-9-10(2)3/h6-8,10,16H,5,9H2,1-4H3,(H2,20,21,23). The zero-order valence-electron chi connectivity index (χ0n) is 14.8. The van der Waals surface area contributed by atoms with Gasteiger partial charge in [-0.2, -0.15) is 0 Å². The highest BCUT2D eigenvalue weighted by Gasteiger charge is 2.32. The molecule has 25 heavy (non-hydrogen) atoms. The number of allylic oxidation sites excluding steroid dienone is 1. The van der Waals surface area contributed by atoms with Gasteiger partial charge in [-0.3, -0.25) is 0 Å². The quantitative estimate of drug-likeness (QED) is 0.754. The van der Waals surface area contributed by atoms with Gasteiger partial charge in [0.05, 0.1) is 29.9 Å². The molecule has 1 aliphatic rings. The molecule has 1 aromatic carbocycles. The van der Waals surface area contributed by atoms with E-state index in [0.29, 0.717) is 40.8 Å². The molecule has 1 aliphatic heterocycles. The summed E-state index contributed by atoms with van der Waals surface area (Å²) < 4.78 is 10.8. The molecule has 0 bridgehead atoms. The number of carbonyl (C=O) groups excluding carboxylic acids is 2. The molecule has 2 amide bonds. The fourth-order valence-corrected chi connectivity index (χ4v) is 2.75. The molecule has 0 saturated carbocycles. The second-order valence-electron chi connectivity index (χ2n) is 6.19. The van der Waals surface area contributed by atoms with Crippen LogP contribution in [0.4, 0.5) is 4.79 Å². The van der Waals surface area contributed by atoms with E-state index in [1.54, 1.807) is 25.1 Å². The van der Waals surface area contributed by atoms with Crippen molar-refractivity contribution in [1.29, 1.82) is 0 Å². The summed E-state index contributed by atoms with van der Waals surface area (Å²) in [5, 5.41) is 5.78. The van der Waals surface area contributed by atoms with Crippen LogP contribution in [0.2, 0.25) is 5.02 Å². The van der Waals surface area contributed by atoms with Crippen LogP contribution in [0.15, 0.2) is 29.5 Å². The van der Waals surface area contributed by atoms with Crippen LogP contribution in [-0.4, -0.2) is 25.2 Å². The summed E-state index contributed by atoms with van der Waals surface area (Å²) in [6, 6.07) is 4.17. The molecule has 1 aromatic rings. The van der Waals surface area contributed by atoms with Crippen LogP contribution in [0.1, 0.15) is 39.3 Å². The molecule has 1 heterocycles. The number of esters is 1. The zero-order valence-corrected chi connectivity index (χ0v) is 15.6. The van der Waals surface area contributed by atoms with E-state index in [4.69, 9.17) is 21.1 Å². The third-order valence-electron chi connectivity index (χ3n) is 3.63. The third kappa shape index (κ3) is 4.66. The van der Waals surface area contributed by atoms with Crippen LogP contribution in [0.5, 0.6) is 5.75 Å². The van der Waals surface area contributed by atoms with Crippen LogP contribution in [0, 0.1) is 5.92 Å². The number of ether oxygens (including phenoxy) is 2. The van der Waals surface area contributed by atoms with Crippen molar-refractivity contribution in [3.8, 4) is 5.75 Å². The van der Waals surface area contributed by atoms with Crippen LogP contribution in [-0.2, 0) is 9.53 Å². The van der Waals surface area contributed by atoms with Crippen molar-refractivity contribution in [3.05, 3.63) is 40.1 Å². The maximum atomic E-state index is 12.5. The molecule has 7 heteroatoms. The van der Waals surface area contributed by atoms with Crippen molar-refractivity contribution >= 4 is 23.6 Å². The first kappa shape index (κ1) is 19.1. The lowest BCUT2D eigenvalue weighted by atomic mass is 9.95. The van der Waals surface area contributed by atoms with Gasteiger partial charge in [-0.1, -0.05) is 31.5 Å². The van der Waals surface area contributed by atoms with Crippen LogP contribution in [0.3, 0.4) is 0 Å². The molecule has 136 valence electrons. The van der Waals surface area contributed by atoms with Crippen molar-refractivity contribution in [2.75, 3.05) is 13.2 Å². The maximum absolute atomic E-state index is 12.5. The Balaban J connectivity index is 2.35. The van der Waals surface area contributed by atoms with Gasteiger partial charge in [-0.05, 0) is 37.5 Å². The van der Waals surface area contributed by atoms with Crippen LogP contribution < -0.4 is 15.4 Å². The van der Waals surface area contributed by atoms with E-state index in [9.17, 15) is 9.59 Å². The number of urea groups is 1. The number of hydrogen-bond acceptors (Lipinski definition) is 4. The summed E-state index contributed by atoms with van der Waals surface area (Å²) in [5.41, 5.74) is 1.51. The van der Waals surface area contributed by atoms with Gasteiger partial charge < -0.3 is 20.1 Å². The monoisotopic (exact) mass is 366 g/mol. The minimum absolute atomic E-state index is 0.217. The molecule has 1 atom stereocenters. The summed E-state index contributed by atoms with van der Waals surface area (Å²) in [6.45, 7) is 8.26. The van der Waals surface area contributed by atoms with Gasteiger partial charge in [-0.15, -0.1) is 0 Å². The number of hydrogen-bond donors (Lipinski definition) is 2. The van der Waals surface area contributed by atoms with Gasteiger partial charge in [0, 0.05) is 5.70 Å². The Hall–Kier alpha value is -2.21. The van der Waals surface area contributed by atoms with E-state index >= 15 is 0 Å². The highest BCUT2D eigenvalue weighted by atomic mass is 35.5. The number of benzene rings is 1. The average Bonchev–Trinajstić information content (AvgIpc) is 2.54. The largest absolute Gasteiger partial charge is 0.492 e. The fourth-order valence-electron chi connectivity index (χ4n) is 2.50. The van der Waals surface area contributed by atoms with Crippen molar-refractivity contribution in [2.24, 2.45) is 5.92 Å². The van der Waals surface area contributed by atoms with E-state index in [0.717, 1.165) is 0 Å². The average molecular weight is 367 g/mol. The van der Waals surface area contributed by atoms with E-state index in [2.05, 4.69) is 10.6 Å². The third-order valence-corrected chi connectivity index (χ3v) is 3.92. The molecule has 1 unspecified atom stereocenters. The number of nitrogens with one attached hydrogen (secondary N) is 2. The van der Waals surface area contributed by atoms with E-state index in [1.807, 2.05) is 20.8 Å². The topological polar surface area (TPSA) is 76.7 Å². The first-order chi connectivity index (χ1) is 11.8.